The molecule has 12 rings (SSSR count). The number of methoxy groups -OCH3 is 9. The molecule has 0 N–H and O–H groups in total. The summed E-state index contributed by atoms with van der Waals surface area (Å²) in [6, 6.07) is 92.6. The van der Waals surface area contributed by atoms with Gasteiger partial charge < -0.3 is 56.8 Å². The Hall–Kier alpha value is -11.1. The first-order valence-corrected chi connectivity index (χ1v) is 48.8. The number of pyridine rings is 2. The van der Waals surface area contributed by atoms with Crippen LogP contribution < -0.4 is 83.9 Å². The molecule has 634 valence electrons. The van der Waals surface area contributed by atoms with Crippen molar-refractivity contribution >= 4 is 110 Å². The van der Waals surface area contributed by atoms with Gasteiger partial charge in [0.25, 0.3) is 0 Å². The van der Waals surface area contributed by atoms with Crippen molar-refractivity contribution in [2.75, 3.05) is 90.4 Å². The van der Waals surface area contributed by atoms with Crippen molar-refractivity contribution in [3.63, 3.8) is 0 Å². The minimum atomic E-state index is -3.24. The Balaban J connectivity index is 0.000000210. The zero-order valence-corrected chi connectivity index (χ0v) is 75.0. The number of carbonyl (C=O) groups is 2. The van der Waals surface area contributed by atoms with Gasteiger partial charge in [-0.3, -0.25) is 9.59 Å². The Kier molecular flexibility index (Phi) is 36.1. The maximum Gasteiger partial charge on any atom is 0.203 e. The molecule has 16 nitrogen and oxygen atoms in total. The van der Waals surface area contributed by atoms with Gasteiger partial charge in [-0.2, -0.15) is 0 Å². The van der Waals surface area contributed by atoms with Crippen LogP contribution in [0.2, 0.25) is 0 Å². The van der Waals surface area contributed by atoms with E-state index in [0.717, 1.165) is 134 Å². The average molecular weight is 1800 g/mol. The number of halogens is 2. The minimum Gasteiger partial charge on any atom is -0.496 e. The van der Waals surface area contributed by atoms with Gasteiger partial charge in [-0.1, -0.05) is 32.1 Å². The molecule has 0 aliphatic carbocycles. The van der Waals surface area contributed by atoms with E-state index in [1.54, 1.807) is 59.8 Å². The van der Waals surface area contributed by atoms with Gasteiger partial charge in [-0.15, -0.1) is 0 Å². The number of rotatable bonds is 41. The van der Waals surface area contributed by atoms with Gasteiger partial charge in [0.1, 0.15) is 24.1 Å². The molecule has 0 spiro atoms. The summed E-state index contributed by atoms with van der Waals surface area (Å²) in [4.78, 5) is 32.4. The zero-order valence-electron chi connectivity index (χ0n) is 70.0. The predicted molar refractivity (Wildman–Crippen MR) is 508 cm³/mol. The Morgan fingerprint density at radius 1 is 0.289 bits per heavy atom. The van der Waals surface area contributed by atoms with Crippen molar-refractivity contribution < 1.29 is 66.4 Å². The van der Waals surface area contributed by atoms with Crippen molar-refractivity contribution in [2.24, 2.45) is 0 Å². The largest absolute Gasteiger partial charge is 0.496 e. The van der Waals surface area contributed by atoms with Crippen LogP contribution in [-0.4, -0.2) is 113 Å². The molecular formula is C101H112Br2N2O14P2. The van der Waals surface area contributed by atoms with Crippen LogP contribution >= 0.6 is 41.6 Å². The van der Waals surface area contributed by atoms with E-state index in [4.69, 9.17) is 66.8 Å². The Bertz CT molecular complexity index is 4780. The molecule has 0 saturated carbocycles. The molecule has 0 bridgehead atoms. The van der Waals surface area contributed by atoms with Crippen LogP contribution in [0.1, 0.15) is 119 Å². The van der Waals surface area contributed by atoms with Crippen LogP contribution in [0.5, 0.6) is 63.2 Å². The second-order valence-corrected chi connectivity index (χ2v) is 46.2. The van der Waals surface area contributed by atoms with Crippen molar-refractivity contribution in [2.45, 2.75) is 78.0 Å². The molecule has 0 fully saturated rings. The van der Waals surface area contributed by atoms with Crippen LogP contribution in [-0.2, 0) is 17.1 Å². The predicted octanol–water partition coefficient (Wildman–Crippen LogP) is 22.1. The molecule has 0 saturated heterocycles. The fourth-order valence-corrected chi connectivity index (χ4v) is 29.6. The molecule has 0 amide bonds. The molecule has 0 aliphatic heterocycles. The number of carbonyl (C=O) groups excluding carboxylic acids is 2. The molecule has 0 radical (unpaired) electrons. The first kappa shape index (κ1) is 93.8. The summed E-state index contributed by atoms with van der Waals surface area (Å²) < 4.78 is 66.3. The fraction of sp³-hybridized carbons (Fsp3) is 0.248. The topological polar surface area (TPSA) is 171 Å². The number of benzene rings is 10. The molecule has 0 atom stereocenters. The van der Waals surface area contributed by atoms with E-state index < -0.39 is 10.6 Å². The average Bonchev–Trinajstić information content (AvgIpc) is 0.705. The summed E-state index contributed by atoms with van der Waals surface area (Å²) in [6.45, 7) is 4.35. The van der Waals surface area contributed by atoms with Crippen LogP contribution in [0.15, 0.2) is 267 Å². The first-order valence-electron chi connectivity index (χ1n) is 39.9. The van der Waals surface area contributed by atoms with Gasteiger partial charge in [0.05, 0.1) is 88.1 Å². The van der Waals surface area contributed by atoms with E-state index >= 15 is 0 Å². The maximum atomic E-state index is 11.0. The van der Waals surface area contributed by atoms with Crippen molar-refractivity contribution in [3.05, 3.63) is 318 Å². The molecule has 2 aromatic heterocycles. The van der Waals surface area contributed by atoms with Crippen LogP contribution in [0.25, 0.3) is 24.3 Å². The minimum absolute atomic E-state index is 0. The maximum absolute atomic E-state index is 11.0. The van der Waals surface area contributed by atoms with Gasteiger partial charge in [-0.05, 0) is 136 Å². The number of aromatic nitrogens is 2. The summed E-state index contributed by atoms with van der Waals surface area (Å²) >= 11 is 9.30. The summed E-state index contributed by atoms with van der Waals surface area (Å²) in [5.41, 5.74) is 7.55. The van der Waals surface area contributed by atoms with Crippen LogP contribution in [0.3, 0.4) is 0 Å². The van der Waals surface area contributed by atoms with Gasteiger partial charge in [-0.25, -0.2) is 4.98 Å². The monoisotopic (exact) mass is 1800 g/mol. The second-order valence-electron chi connectivity index (χ2n) is 28.4. The smallest absolute Gasteiger partial charge is 0.203 e. The van der Waals surface area contributed by atoms with Crippen molar-refractivity contribution in [1.82, 2.24) is 9.97 Å². The molecule has 20 heteroatoms. The second kappa shape index (κ2) is 46.6. The number of unbranched alkanes of at least 4 members (excludes halogenated alkanes) is 6. The molecule has 121 heavy (non-hydrogen) atoms. The van der Waals surface area contributed by atoms with Gasteiger partial charge >= 0.3 is 302 Å². The Morgan fingerprint density at radius 2 is 0.537 bits per heavy atom. The standard InChI is InChI=1S/C43H37Br2NP2.C33H41NO6.C24H30O8.CH4/c44-47(38-22-7-1-8-23-38,39-24-9-2-10-25-39,40-26-11-3-12-27-40)34-36-20-19-21-37(46-36)35-48(45,41-28-13-4-14-29-41,42-30-15-5-16-31-42)43-32-17-6-18-33-43;1-24-29(36-3)20-25(21-30(24)37-4)14-16-27-12-11-13-28(34-27)17-15-26-22-31(38-5)33(32(23-26)39-6)40-19-10-8-7-9-18-35-2;1-27-19-11-17(15-25)12-20(28-2)23(19)31-9-7-5-6-8-10-32-24-21(29-3)13-18(16-26)14-22(24)30-4;/h1-33H,34-35H2;11-17,20-23H,7-10,18-19H2,1-6H3;11-16H,5-10H2,1-4H3;1H4/b;16-14+,17-15+;;. The van der Waals surface area contributed by atoms with E-state index in [-0.39, 0.29) is 7.43 Å². The zero-order chi connectivity index (χ0) is 85.1. The number of aldehydes is 2. The molecule has 0 unspecified atom stereocenters. The van der Waals surface area contributed by atoms with E-state index in [1.807, 2.05) is 73.7 Å². The number of hydrogen-bond donors (Lipinski definition) is 0. The third-order valence-corrected chi connectivity index (χ3v) is 39.7. The summed E-state index contributed by atoms with van der Waals surface area (Å²) in [5, 5.41) is 1.23. The molecular weight excluding hydrogens is 1690 g/mol. The van der Waals surface area contributed by atoms with E-state index in [0.29, 0.717) is 82.7 Å². The third kappa shape index (κ3) is 23.3. The molecule has 0 aliphatic rings. The summed E-state index contributed by atoms with van der Waals surface area (Å²) in [7, 11) is 14.4. The Labute approximate surface area is 730 Å². The SMILES string of the molecule is BrP(Cc1cccc(CP(Br)(c2ccccc2)(c2ccccc2)c2ccccc2)n1)(c1ccccc1)(c1ccccc1)c1ccccc1.C.COCCCCCCOc1c(OC)cc(/C=C/c2cccc(/C=C/c3cc(OC)c(C)c(OC)c3)n2)cc1OC.COc1cc(C=O)cc(OC)c1OCCCCCCOc1c(OC)cc(C=O)cc1OC. The van der Waals surface area contributed by atoms with E-state index in [1.165, 1.54) is 60.3 Å². The molecule has 2 heterocycles. The third-order valence-electron chi connectivity index (χ3n) is 20.8. The number of hydrogen-bond acceptors (Lipinski definition) is 16. The van der Waals surface area contributed by atoms with Gasteiger partial charge in [0, 0.05) is 30.4 Å². The van der Waals surface area contributed by atoms with Crippen molar-refractivity contribution in [1.29, 1.82) is 0 Å². The molecule has 12 aromatic rings. The number of ether oxygens (including phenoxy) is 12. The summed E-state index contributed by atoms with van der Waals surface area (Å²) in [6.07, 6.45) is 18.6. The van der Waals surface area contributed by atoms with Crippen LogP contribution in [0.4, 0.5) is 0 Å². The summed E-state index contributed by atoms with van der Waals surface area (Å²) in [5.74, 6) is 6.27. The fourth-order valence-electron chi connectivity index (χ4n) is 14.6. The van der Waals surface area contributed by atoms with Crippen molar-refractivity contribution in [3.8, 4) is 63.2 Å². The molecule has 10 aromatic carbocycles. The van der Waals surface area contributed by atoms with Gasteiger partial charge in [0.15, 0.2) is 34.5 Å². The number of nitrogens with zero attached hydrogens (tertiary/aromatic N) is 2. The van der Waals surface area contributed by atoms with Crippen LogP contribution in [0, 0.1) is 6.92 Å². The Morgan fingerprint density at radius 3 is 0.793 bits per heavy atom. The first-order chi connectivity index (χ1) is 58.6. The van der Waals surface area contributed by atoms with E-state index in [9.17, 15) is 9.59 Å². The van der Waals surface area contributed by atoms with E-state index in [2.05, 4.69) is 231 Å². The van der Waals surface area contributed by atoms with Gasteiger partial charge in [0.2, 0.25) is 17.2 Å². The normalized spacial score (nSPS) is 11.8. The quantitative estimate of drug-likeness (QED) is 0.0201.